The lowest BCUT2D eigenvalue weighted by atomic mass is 10.2. The average molecular weight is 167 g/mol. The van der Waals surface area contributed by atoms with Crippen LogP contribution in [0.1, 0.15) is 13.8 Å². The first-order valence-electron chi connectivity index (χ1n) is 3.95. The lowest BCUT2D eigenvalue weighted by Crippen LogP contribution is -2.09. The molecule has 0 radical (unpaired) electrons. The Labute approximate surface area is 74.4 Å². The molecule has 2 N–H and O–H groups in total. The second-order valence-electron chi connectivity index (χ2n) is 2.63. The summed E-state index contributed by atoms with van der Waals surface area (Å²) in [4.78, 5) is 0. The molecule has 0 heterocycles. The van der Waals surface area contributed by atoms with Gasteiger partial charge in [0, 0.05) is 6.54 Å². The number of nitrogens with two attached hydrogens (primary N) is 1. The Hall–Kier alpha value is -1.02. The van der Waals surface area contributed by atoms with Gasteiger partial charge < -0.3 is 10.5 Å². The van der Waals surface area contributed by atoms with Gasteiger partial charge in [-0.3, -0.25) is 0 Å². The lowest BCUT2D eigenvalue weighted by Gasteiger charge is -2.11. The minimum atomic E-state index is 0.515. The van der Waals surface area contributed by atoms with Crippen LogP contribution in [0.5, 0.6) is 0 Å². The van der Waals surface area contributed by atoms with Crippen LogP contribution in [0.4, 0.5) is 0 Å². The Kier molecular flexibility index (Phi) is 5.13. The molecule has 0 aliphatic rings. The summed E-state index contributed by atoms with van der Waals surface area (Å²) >= 11 is 0. The third-order valence-electron chi connectivity index (χ3n) is 1.42. The summed E-state index contributed by atoms with van der Waals surface area (Å²) in [5, 5.41) is 0. The molecule has 68 valence electrons. The molecular formula is C10H17NO. The third kappa shape index (κ3) is 3.39. The highest BCUT2D eigenvalue weighted by Gasteiger charge is 2.01. The topological polar surface area (TPSA) is 35.2 Å². The van der Waals surface area contributed by atoms with E-state index in [9.17, 15) is 0 Å². The largest absolute Gasteiger partial charge is 0.492 e. The van der Waals surface area contributed by atoms with Gasteiger partial charge in [0.25, 0.3) is 0 Å². The fraction of sp³-hybridized carbons (Fsp3) is 0.400. The molecule has 0 aromatic heterocycles. The van der Waals surface area contributed by atoms with Gasteiger partial charge in [0.2, 0.25) is 0 Å². The second-order valence-corrected chi connectivity index (χ2v) is 2.63. The molecule has 0 aliphatic heterocycles. The maximum Gasteiger partial charge on any atom is 0.124 e. The van der Waals surface area contributed by atoms with E-state index in [1.54, 1.807) is 6.08 Å². The van der Waals surface area contributed by atoms with E-state index >= 15 is 0 Å². The number of hydrogen-bond donors (Lipinski definition) is 1. The first kappa shape index (κ1) is 11.0. The van der Waals surface area contributed by atoms with Crippen LogP contribution >= 0.6 is 0 Å². The summed E-state index contributed by atoms with van der Waals surface area (Å²) in [6.07, 6.45) is 1.75. The molecule has 0 unspecified atom stereocenters. The minimum Gasteiger partial charge on any atom is -0.492 e. The average Bonchev–Trinajstić information content (AvgIpc) is 2.04. The summed E-state index contributed by atoms with van der Waals surface area (Å²) in [5.41, 5.74) is 7.22. The Morgan fingerprint density at radius 2 is 2.08 bits per heavy atom. The van der Waals surface area contributed by atoms with Crippen molar-refractivity contribution in [2.75, 3.05) is 13.2 Å². The van der Waals surface area contributed by atoms with Crippen molar-refractivity contribution < 1.29 is 4.74 Å². The number of allylic oxidation sites excluding steroid dienone is 3. The van der Waals surface area contributed by atoms with Gasteiger partial charge in [-0.2, -0.15) is 0 Å². The predicted octanol–water partition coefficient (Wildman–Crippen LogP) is 2.00. The van der Waals surface area contributed by atoms with Crippen molar-refractivity contribution >= 4 is 0 Å². The van der Waals surface area contributed by atoms with E-state index < -0.39 is 0 Å². The Balaban J connectivity index is 4.43. The molecule has 0 rings (SSSR count). The molecule has 0 saturated carbocycles. The number of ether oxygens (including phenoxy) is 1. The summed E-state index contributed by atoms with van der Waals surface area (Å²) in [5.74, 6) is 0.801. The molecule has 2 nitrogen and oxygen atoms in total. The zero-order chi connectivity index (χ0) is 9.56. The lowest BCUT2D eigenvalue weighted by molar-refractivity contribution is 0.227. The van der Waals surface area contributed by atoms with Gasteiger partial charge in [0.15, 0.2) is 0 Å². The quantitative estimate of drug-likeness (QED) is 0.502. The van der Waals surface area contributed by atoms with Gasteiger partial charge in [-0.05, 0) is 25.0 Å². The van der Waals surface area contributed by atoms with Crippen molar-refractivity contribution in [3.05, 3.63) is 36.1 Å². The van der Waals surface area contributed by atoms with Crippen molar-refractivity contribution in [2.24, 2.45) is 5.73 Å². The Morgan fingerprint density at radius 1 is 1.50 bits per heavy atom. The van der Waals surface area contributed by atoms with Gasteiger partial charge >= 0.3 is 0 Å². The molecule has 12 heavy (non-hydrogen) atoms. The number of rotatable bonds is 5. The molecule has 0 bridgehead atoms. The zero-order valence-corrected chi connectivity index (χ0v) is 7.89. The highest BCUT2D eigenvalue weighted by atomic mass is 16.5. The first-order valence-corrected chi connectivity index (χ1v) is 3.95. The van der Waals surface area contributed by atoms with Crippen molar-refractivity contribution in [3.8, 4) is 0 Å². The van der Waals surface area contributed by atoms with E-state index in [1.807, 2.05) is 13.8 Å². The molecule has 0 spiro atoms. The Bertz CT molecular complexity index is 204. The van der Waals surface area contributed by atoms with Crippen LogP contribution in [0.25, 0.3) is 0 Å². The van der Waals surface area contributed by atoms with E-state index in [4.69, 9.17) is 10.5 Å². The second kappa shape index (κ2) is 5.61. The number of hydrogen-bond acceptors (Lipinski definition) is 2. The van der Waals surface area contributed by atoms with Gasteiger partial charge in [-0.15, -0.1) is 0 Å². The van der Waals surface area contributed by atoms with Crippen LogP contribution < -0.4 is 5.73 Å². The maximum atomic E-state index is 5.39. The highest BCUT2D eigenvalue weighted by molar-refractivity contribution is 5.31. The predicted molar refractivity (Wildman–Crippen MR) is 52.7 cm³/mol. The van der Waals surface area contributed by atoms with Gasteiger partial charge in [-0.25, -0.2) is 0 Å². The SMILES string of the molecule is C=C/C(C)=C(/OCCN)C(=C)C. The van der Waals surface area contributed by atoms with Crippen LogP contribution in [0.15, 0.2) is 36.1 Å². The normalized spacial score (nSPS) is 11.9. The van der Waals surface area contributed by atoms with Crippen LogP contribution in [0.3, 0.4) is 0 Å². The van der Waals surface area contributed by atoms with E-state index in [0.29, 0.717) is 13.2 Å². The first-order chi connectivity index (χ1) is 5.63. The van der Waals surface area contributed by atoms with Crippen molar-refractivity contribution in [2.45, 2.75) is 13.8 Å². The summed E-state index contributed by atoms with van der Waals surface area (Å²) in [7, 11) is 0. The molecule has 0 aliphatic carbocycles. The summed E-state index contributed by atoms with van der Waals surface area (Å²) in [6.45, 7) is 12.3. The molecule has 0 saturated heterocycles. The Morgan fingerprint density at radius 3 is 2.42 bits per heavy atom. The summed E-state index contributed by atoms with van der Waals surface area (Å²) < 4.78 is 5.39. The smallest absolute Gasteiger partial charge is 0.124 e. The van der Waals surface area contributed by atoms with Crippen LogP contribution in [-0.4, -0.2) is 13.2 Å². The van der Waals surface area contributed by atoms with Gasteiger partial charge in [0.05, 0.1) is 0 Å². The molecule has 0 amide bonds. The maximum absolute atomic E-state index is 5.39. The standard InChI is InChI=1S/C10H17NO/c1-5-9(4)10(8(2)3)12-7-6-11/h5H,1-2,6-7,11H2,3-4H3/b10-9+. The fourth-order valence-corrected chi connectivity index (χ4v) is 0.827. The molecule has 0 aromatic carbocycles. The van der Waals surface area contributed by atoms with Crippen molar-refractivity contribution in [1.82, 2.24) is 0 Å². The van der Waals surface area contributed by atoms with Crippen LogP contribution in [0.2, 0.25) is 0 Å². The highest BCUT2D eigenvalue weighted by Crippen LogP contribution is 2.14. The van der Waals surface area contributed by atoms with Gasteiger partial charge in [-0.1, -0.05) is 19.2 Å². The van der Waals surface area contributed by atoms with Crippen molar-refractivity contribution in [1.29, 1.82) is 0 Å². The fourth-order valence-electron chi connectivity index (χ4n) is 0.827. The van der Waals surface area contributed by atoms with Gasteiger partial charge in [0.1, 0.15) is 12.4 Å². The molecule has 0 atom stereocenters. The van der Waals surface area contributed by atoms with E-state index in [2.05, 4.69) is 13.2 Å². The third-order valence-corrected chi connectivity index (χ3v) is 1.42. The van der Waals surface area contributed by atoms with Crippen LogP contribution in [0, 0.1) is 0 Å². The molecular weight excluding hydrogens is 150 g/mol. The van der Waals surface area contributed by atoms with Crippen LogP contribution in [-0.2, 0) is 4.74 Å². The van der Waals surface area contributed by atoms with Crippen molar-refractivity contribution in [3.63, 3.8) is 0 Å². The van der Waals surface area contributed by atoms with E-state index in [0.717, 1.165) is 16.9 Å². The van der Waals surface area contributed by atoms with E-state index in [1.165, 1.54) is 0 Å². The molecule has 2 heteroatoms. The molecule has 0 fully saturated rings. The monoisotopic (exact) mass is 167 g/mol. The summed E-state index contributed by atoms with van der Waals surface area (Å²) in [6, 6.07) is 0. The zero-order valence-electron chi connectivity index (χ0n) is 7.89. The molecule has 0 aromatic rings. The van der Waals surface area contributed by atoms with E-state index in [-0.39, 0.29) is 0 Å². The minimum absolute atomic E-state index is 0.515.